The van der Waals surface area contributed by atoms with Crippen molar-refractivity contribution in [3.63, 3.8) is 0 Å². The van der Waals surface area contributed by atoms with Crippen molar-refractivity contribution in [2.75, 3.05) is 18.6 Å². The van der Waals surface area contributed by atoms with Crippen LogP contribution in [0.5, 0.6) is 0 Å². The van der Waals surface area contributed by atoms with Crippen LogP contribution < -0.4 is 4.90 Å². The average Bonchev–Trinajstić information content (AvgIpc) is 2.99. The third-order valence-electron chi connectivity index (χ3n) is 4.08. The molecule has 24 heavy (non-hydrogen) atoms. The van der Waals surface area contributed by atoms with Crippen LogP contribution >= 0.6 is 0 Å². The average molecular weight is 332 g/mol. The van der Waals surface area contributed by atoms with Gasteiger partial charge in [0.2, 0.25) is 0 Å². The second-order valence-electron chi connectivity index (χ2n) is 5.65. The first-order valence-electron chi connectivity index (χ1n) is 7.68. The minimum Gasteiger partial charge on any atom is -0.468 e. The van der Waals surface area contributed by atoms with Gasteiger partial charge in [-0.05, 0) is 31.0 Å². The molecule has 1 aromatic heterocycles. The van der Waals surface area contributed by atoms with Crippen LogP contribution in [0.3, 0.4) is 0 Å². The summed E-state index contributed by atoms with van der Waals surface area (Å²) in [5.74, 6) is -0.891. The lowest BCUT2D eigenvalue weighted by atomic mass is 9.85. The van der Waals surface area contributed by atoms with E-state index >= 15 is 0 Å². The summed E-state index contributed by atoms with van der Waals surface area (Å²) in [5, 5.41) is 0. The van der Waals surface area contributed by atoms with Crippen molar-refractivity contribution in [3.05, 3.63) is 47.9 Å². The number of oxazole rings is 1. The summed E-state index contributed by atoms with van der Waals surface area (Å²) in [7, 11) is 1.22. The van der Waals surface area contributed by atoms with Gasteiger partial charge >= 0.3 is 5.97 Å². The molecule has 1 aromatic carbocycles. The first kappa shape index (κ1) is 16.2. The number of carbonyl (C=O) groups excluding carboxylic acids is 2. The fraction of sp³-hybridized carbons (Fsp3) is 0.353. The van der Waals surface area contributed by atoms with Gasteiger partial charge in [-0.15, -0.1) is 0 Å². The molecule has 1 saturated carbocycles. The van der Waals surface area contributed by atoms with E-state index in [0.29, 0.717) is 5.89 Å². The number of aromatic nitrogens is 1. The number of halogens is 1. The normalized spacial score (nSPS) is 14.1. The molecule has 1 amide bonds. The summed E-state index contributed by atoms with van der Waals surface area (Å²) in [6.07, 6.45) is 4.38. The van der Waals surface area contributed by atoms with E-state index in [9.17, 15) is 14.0 Å². The number of benzene rings is 1. The van der Waals surface area contributed by atoms with E-state index in [2.05, 4.69) is 9.72 Å². The first-order valence-corrected chi connectivity index (χ1v) is 7.68. The van der Waals surface area contributed by atoms with Gasteiger partial charge in [-0.25, -0.2) is 9.37 Å². The molecule has 0 bridgehead atoms. The molecule has 2 aromatic rings. The van der Waals surface area contributed by atoms with Gasteiger partial charge in [0, 0.05) is 11.6 Å². The van der Waals surface area contributed by atoms with E-state index < -0.39 is 17.7 Å². The summed E-state index contributed by atoms with van der Waals surface area (Å²) in [6, 6.07) is 5.44. The van der Waals surface area contributed by atoms with Crippen LogP contribution in [0.1, 0.15) is 41.6 Å². The molecule has 0 N–H and O–H groups in total. The Kier molecular flexibility index (Phi) is 4.59. The number of hydrogen-bond acceptors (Lipinski definition) is 5. The van der Waals surface area contributed by atoms with Crippen molar-refractivity contribution in [2.45, 2.75) is 25.2 Å². The lowest BCUT2D eigenvalue weighted by Gasteiger charge is -2.22. The summed E-state index contributed by atoms with van der Waals surface area (Å²) in [5.41, 5.74) is 0.337. The SMILES string of the molecule is COC(=O)CN(C(=O)c1coc(C2CCC2)n1)c1cccc(F)c1. The summed E-state index contributed by atoms with van der Waals surface area (Å²) in [6.45, 7) is -0.343. The Hall–Kier alpha value is -2.70. The monoisotopic (exact) mass is 332 g/mol. The van der Waals surface area contributed by atoms with Crippen LogP contribution in [-0.2, 0) is 9.53 Å². The Balaban J connectivity index is 1.87. The van der Waals surface area contributed by atoms with E-state index in [-0.39, 0.29) is 23.8 Å². The van der Waals surface area contributed by atoms with Gasteiger partial charge in [0.05, 0.1) is 7.11 Å². The van der Waals surface area contributed by atoms with Crippen LogP contribution in [0.15, 0.2) is 34.9 Å². The van der Waals surface area contributed by atoms with Crippen molar-refractivity contribution in [1.82, 2.24) is 4.98 Å². The minimum absolute atomic E-state index is 0.0880. The predicted molar refractivity (Wildman–Crippen MR) is 83.2 cm³/mol. The quantitative estimate of drug-likeness (QED) is 0.787. The third-order valence-corrected chi connectivity index (χ3v) is 4.08. The molecule has 0 aliphatic heterocycles. The van der Waals surface area contributed by atoms with Crippen LogP contribution in [0.4, 0.5) is 10.1 Å². The zero-order chi connectivity index (χ0) is 17.1. The molecule has 0 atom stereocenters. The number of amides is 1. The second kappa shape index (κ2) is 6.82. The number of hydrogen-bond donors (Lipinski definition) is 0. The molecule has 0 spiro atoms. The number of esters is 1. The predicted octanol–water partition coefficient (Wildman–Crippen LogP) is 2.90. The van der Waals surface area contributed by atoms with E-state index in [0.717, 1.165) is 24.2 Å². The second-order valence-corrected chi connectivity index (χ2v) is 5.65. The van der Waals surface area contributed by atoms with Gasteiger partial charge in [-0.2, -0.15) is 0 Å². The molecule has 7 heteroatoms. The molecular weight excluding hydrogens is 315 g/mol. The highest BCUT2D eigenvalue weighted by molar-refractivity contribution is 6.07. The number of methoxy groups -OCH3 is 1. The van der Waals surface area contributed by atoms with Gasteiger partial charge in [-0.1, -0.05) is 12.5 Å². The standard InChI is InChI=1S/C17H17FN2O4/c1-23-15(21)9-20(13-7-3-6-12(18)8-13)17(22)14-10-24-16(19-14)11-4-2-5-11/h3,6-8,10-11H,2,4-5,9H2,1H3. The van der Waals surface area contributed by atoms with Gasteiger partial charge < -0.3 is 9.15 Å². The molecule has 6 nitrogen and oxygen atoms in total. The lowest BCUT2D eigenvalue weighted by molar-refractivity contribution is -0.138. The maximum atomic E-state index is 13.5. The van der Waals surface area contributed by atoms with E-state index in [1.807, 2.05) is 0 Å². The van der Waals surface area contributed by atoms with Crippen molar-refractivity contribution in [2.24, 2.45) is 0 Å². The highest BCUT2D eigenvalue weighted by Gasteiger charge is 2.28. The number of rotatable bonds is 5. The fourth-order valence-electron chi connectivity index (χ4n) is 2.48. The smallest absolute Gasteiger partial charge is 0.325 e. The lowest BCUT2D eigenvalue weighted by Crippen LogP contribution is -2.36. The Morgan fingerprint density at radius 3 is 2.83 bits per heavy atom. The maximum Gasteiger partial charge on any atom is 0.325 e. The summed E-state index contributed by atoms with van der Waals surface area (Å²) >= 11 is 0. The Labute approximate surface area is 138 Å². The van der Waals surface area contributed by atoms with Crippen LogP contribution in [0.2, 0.25) is 0 Å². The molecule has 3 rings (SSSR count). The van der Waals surface area contributed by atoms with Gasteiger partial charge in [0.15, 0.2) is 11.6 Å². The number of nitrogens with zero attached hydrogens (tertiary/aromatic N) is 2. The van der Waals surface area contributed by atoms with Crippen molar-refractivity contribution in [1.29, 1.82) is 0 Å². The third kappa shape index (κ3) is 3.29. The zero-order valence-electron chi connectivity index (χ0n) is 13.2. The topological polar surface area (TPSA) is 72.6 Å². The maximum absolute atomic E-state index is 13.5. The van der Waals surface area contributed by atoms with Gasteiger partial charge in [0.25, 0.3) is 5.91 Å². The Bertz CT molecular complexity index is 755. The zero-order valence-corrected chi connectivity index (χ0v) is 13.2. The molecule has 0 unspecified atom stereocenters. The molecule has 0 radical (unpaired) electrons. The molecule has 1 aliphatic carbocycles. The number of anilines is 1. The molecule has 1 aliphatic rings. The molecule has 126 valence electrons. The highest BCUT2D eigenvalue weighted by atomic mass is 19.1. The number of ether oxygens (including phenoxy) is 1. The largest absolute Gasteiger partial charge is 0.468 e. The molecule has 1 fully saturated rings. The van der Waals surface area contributed by atoms with E-state index in [1.165, 1.54) is 37.6 Å². The highest BCUT2D eigenvalue weighted by Crippen LogP contribution is 2.35. The summed E-state index contributed by atoms with van der Waals surface area (Å²) < 4.78 is 23.5. The van der Waals surface area contributed by atoms with Crippen LogP contribution in [-0.4, -0.2) is 30.5 Å². The van der Waals surface area contributed by atoms with E-state index in [4.69, 9.17) is 4.42 Å². The minimum atomic E-state index is -0.615. The fourth-order valence-corrected chi connectivity index (χ4v) is 2.48. The first-order chi connectivity index (χ1) is 11.6. The molecule has 0 saturated heterocycles. The van der Waals surface area contributed by atoms with Crippen molar-refractivity contribution < 1.29 is 23.1 Å². The Morgan fingerprint density at radius 1 is 1.42 bits per heavy atom. The molecular formula is C17H17FN2O4. The van der Waals surface area contributed by atoms with Crippen molar-refractivity contribution in [3.8, 4) is 0 Å². The van der Waals surface area contributed by atoms with Crippen LogP contribution in [0.25, 0.3) is 0 Å². The van der Waals surface area contributed by atoms with E-state index in [1.54, 1.807) is 0 Å². The number of carbonyl (C=O) groups is 2. The van der Waals surface area contributed by atoms with Gasteiger partial charge in [-0.3, -0.25) is 14.5 Å². The van der Waals surface area contributed by atoms with Gasteiger partial charge in [0.1, 0.15) is 18.6 Å². The Morgan fingerprint density at radius 2 is 2.21 bits per heavy atom. The van der Waals surface area contributed by atoms with Crippen LogP contribution in [0, 0.1) is 5.82 Å². The molecule has 1 heterocycles. The summed E-state index contributed by atoms with van der Waals surface area (Å²) in [4.78, 5) is 29.7. The van der Waals surface area contributed by atoms with Crippen molar-refractivity contribution >= 4 is 17.6 Å².